The molecule has 0 saturated carbocycles. The molecule has 0 aliphatic rings. The minimum atomic E-state index is -1.50. The number of benzene rings is 1. The molecule has 1 aromatic carbocycles. The van der Waals surface area contributed by atoms with Crippen molar-refractivity contribution < 1.29 is 39.6 Å². The lowest BCUT2D eigenvalue weighted by atomic mass is 10.1. The summed E-state index contributed by atoms with van der Waals surface area (Å²) in [4.78, 5) is 48.3. The van der Waals surface area contributed by atoms with Crippen molar-refractivity contribution >= 4 is 35.5 Å². The van der Waals surface area contributed by atoms with Gasteiger partial charge in [-0.15, -0.1) is 0 Å². The van der Waals surface area contributed by atoms with Gasteiger partial charge in [-0.1, -0.05) is 12.1 Å². The zero-order chi connectivity index (χ0) is 25.0. The average Bonchev–Trinajstić information content (AvgIpc) is 2.79. The van der Waals surface area contributed by atoms with E-state index in [2.05, 4.69) is 16.0 Å². The van der Waals surface area contributed by atoms with Gasteiger partial charge in [0.2, 0.25) is 17.7 Å². The van der Waals surface area contributed by atoms with Gasteiger partial charge < -0.3 is 42.1 Å². The molecule has 3 amide bonds. The Morgan fingerprint density at radius 3 is 1.85 bits per heavy atom. The maximum absolute atomic E-state index is 12.4. The molecule has 0 aromatic heterocycles. The Morgan fingerprint density at radius 2 is 1.39 bits per heavy atom. The van der Waals surface area contributed by atoms with E-state index in [1.54, 1.807) is 18.4 Å². The minimum absolute atomic E-state index is 0.0511. The lowest BCUT2D eigenvalue weighted by Gasteiger charge is -2.23. The topological polar surface area (TPSA) is 211 Å². The Balaban J connectivity index is 2.69. The zero-order valence-corrected chi connectivity index (χ0v) is 18.9. The number of thioether (sulfide) groups is 1. The maximum Gasteiger partial charge on any atom is 0.326 e. The van der Waals surface area contributed by atoms with Crippen LogP contribution >= 0.6 is 11.8 Å². The van der Waals surface area contributed by atoms with E-state index >= 15 is 0 Å². The Bertz CT molecular complexity index is 808. The summed E-state index contributed by atoms with van der Waals surface area (Å²) in [7, 11) is 0. The van der Waals surface area contributed by atoms with Crippen LogP contribution in [-0.2, 0) is 25.6 Å². The maximum atomic E-state index is 12.4. The van der Waals surface area contributed by atoms with Crippen molar-refractivity contribution in [3.63, 3.8) is 0 Å². The van der Waals surface area contributed by atoms with Crippen LogP contribution in [0.25, 0.3) is 0 Å². The van der Waals surface area contributed by atoms with Crippen molar-refractivity contribution in [2.24, 2.45) is 5.73 Å². The smallest absolute Gasteiger partial charge is 0.326 e. The summed E-state index contributed by atoms with van der Waals surface area (Å²) >= 11 is 1.39. The van der Waals surface area contributed by atoms with E-state index in [9.17, 15) is 39.6 Å². The van der Waals surface area contributed by atoms with Gasteiger partial charge in [0, 0.05) is 0 Å². The van der Waals surface area contributed by atoms with Gasteiger partial charge in [-0.05, 0) is 42.5 Å². The molecule has 0 saturated heterocycles. The molecule has 13 heteroatoms. The van der Waals surface area contributed by atoms with E-state index in [4.69, 9.17) is 5.73 Å². The second kappa shape index (κ2) is 14.3. The van der Waals surface area contributed by atoms with E-state index < -0.39 is 61.1 Å². The van der Waals surface area contributed by atoms with Crippen LogP contribution < -0.4 is 21.7 Å². The summed E-state index contributed by atoms with van der Waals surface area (Å²) in [5.41, 5.74) is 6.50. The molecule has 0 spiro atoms. The second-order valence-corrected chi connectivity index (χ2v) is 8.13. The summed E-state index contributed by atoms with van der Waals surface area (Å²) < 4.78 is 0. The molecule has 0 fully saturated rings. The molecule has 0 heterocycles. The number of aromatic hydroxyl groups is 1. The van der Waals surface area contributed by atoms with Gasteiger partial charge in [0.05, 0.1) is 19.3 Å². The number of phenolic OH excluding ortho intramolecular Hbond substituents is 1. The molecule has 1 aromatic rings. The summed E-state index contributed by atoms with van der Waals surface area (Å²) in [5.74, 6) is -3.38. The number of carboxylic acid groups (broad SMARTS) is 1. The third-order valence-corrected chi connectivity index (χ3v) is 5.23. The predicted octanol–water partition coefficient (Wildman–Crippen LogP) is -2.46. The van der Waals surface area contributed by atoms with E-state index in [1.165, 1.54) is 23.9 Å². The van der Waals surface area contributed by atoms with Crippen LogP contribution in [0.2, 0.25) is 0 Å². The highest BCUT2D eigenvalue weighted by molar-refractivity contribution is 7.98. The molecule has 4 atom stereocenters. The van der Waals surface area contributed by atoms with Crippen molar-refractivity contribution in [2.75, 3.05) is 25.2 Å². The van der Waals surface area contributed by atoms with E-state index in [1.807, 2.05) is 0 Å². The number of aliphatic carboxylic acids is 1. The summed E-state index contributed by atoms with van der Waals surface area (Å²) in [6.07, 6.45) is 2.01. The fraction of sp³-hybridized carbons (Fsp3) is 0.500. The number of aliphatic hydroxyl groups is 2. The molecule has 1 rings (SSSR count). The first-order valence-corrected chi connectivity index (χ1v) is 11.4. The highest BCUT2D eigenvalue weighted by Gasteiger charge is 2.29. The van der Waals surface area contributed by atoms with Crippen LogP contribution in [0.15, 0.2) is 24.3 Å². The second-order valence-electron chi connectivity index (χ2n) is 7.15. The van der Waals surface area contributed by atoms with Crippen LogP contribution in [0.5, 0.6) is 5.75 Å². The number of hydrogen-bond donors (Lipinski definition) is 8. The molecule has 184 valence electrons. The molecule has 9 N–H and O–H groups in total. The third-order valence-electron chi connectivity index (χ3n) is 4.59. The summed E-state index contributed by atoms with van der Waals surface area (Å²) in [6, 6.07) is 0.782. The highest BCUT2D eigenvalue weighted by Crippen LogP contribution is 2.11. The van der Waals surface area contributed by atoms with Crippen LogP contribution in [0.1, 0.15) is 12.0 Å². The zero-order valence-electron chi connectivity index (χ0n) is 18.1. The highest BCUT2D eigenvalue weighted by atomic mass is 32.2. The SMILES string of the molecule is CSCCC(NC(=O)C(CO)NC(=O)C(CO)NC(=O)C(N)Cc1ccc(O)cc1)C(=O)O. The van der Waals surface area contributed by atoms with Crippen molar-refractivity contribution in [2.45, 2.75) is 37.0 Å². The first kappa shape index (κ1) is 28.2. The monoisotopic (exact) mass is 486 g/mol. The number of nitrogens with one attached hydrogen (secondary N) is 3. The molecule has 0 bridgehead atoms. The Morgan fingerprint density at radius 1 is 0.909 bits per heavy atom. The number of aliphatic hydroxyl groups excluding tert-OH is 2. The molecule has 33 heavy (non-hydrogen) atoms. The number of hydrogen-bond acceptors (Lipinski definition) is 9. The summed E-state index contributed by atoms with van der Waals surface area (Å²) in [5, 5.41) is 44.2. The van der Waals surface area contributed by atoms with Crippen LogP contribution in [0.3, 0.4) is 0 Å². The quantitative estimate of drug-likeness (QED) is 0.139. The lowest BCUT2D eigenvalue weighted by molar-refractivity contribution is -0.142. The number of carbonyl (C=O) groups excluding carboxylic acids is 3. The molecular weight excluding hydrogens is 456 g/mol. The van der Waals surface area contributed by atoms with Crippen molar-refractivity contribution in [1.29, 1.82) is 0 Å². The Hall–Kier alpha value is -2.87. The van der Waals surface area contributed by atoms with Gasteiger partial charge >= 0.3 is 5.97 Å². The van der Waals surface area contributed by atoms with Gasteiger partial charge in [-0.25, -0.2) is 4.79 Å². The first-order valence-electron chi connectivity index (χ1n) is 10.0. The Labute approximate surface area is 194 Å². The standard InChI is InChI=1S/C20H30N4O8S/c1-33-7-6-14(20(31)32)22-18(29)16(10-26)24-19(30)15(9-25)23-17(28)13(21)8-11-2-4-12(27)5-3-11/h2-5,13-16,25-27H,6-10,21H2,1H3,(H,22,29)(H,23,28)(H,24,30)(H,31,32). The minimum Gasteiger partial charge on any atom is -0.508 e. The van der Waals surface area contributed by atoms with Gasteiger partial charge in [0.1, 0.15) is 23.9 Å². The van der Waals surface area contributed by atoms with E-state index in [0.29, 0.717) is 11.3 Å². The van der Waals surface area contributed by atoms with Gasteiger partial charge in [-0.2, -0.15) is 11.8 Å². The first-order chi connectivity index (χ1) is 15.6. The fourth-order valence-electron chi connectivity index (χ4n) is 2.68. The van der Waals surface area contributed by atoms with Crippen LogP contribution in [-0.4, -0.2) is 93.5 Å². The molecule has 4 unspecified atom stereocenters. The van der Waals surface area contributed by atoms with Crippen molar-refractivity contribution in [1.82, 2.24) is 16.0 Å². The normalized spacial score (nSPS) is 14.4. The number of carbonyl (C=O) groups is 4. The molecule has 0 aliphatic carbocycles. The fourth-order valence-corrected chi connectivity index (χ4v) is 3.15. The van der Waals surface area contributed by atoms with Gasteiger partial charge in [0.25, 0.3) is 0 Å². The van der Waals surface area contributed by atoms with E-state index in [-0.39, 0.29) is 18.6 Å². The molecule has 0 aliphatic heterocycles. The number of nitrogens with two attached hydrogens (primary N) is 1. The van der Waals surface area contributed by atoms with Crippen molar-refractivity contribution in [3.05, 3.63) is 29.8 Å². The summed E-state index contributed by atoms with van der Waals surface area (Å²) in [6.45, 7) is -1.65. The average molecular weight is 487 g/mol. The third kappa shape index (κ3) is 9.65. The van der Waals surface area contributed by atoms with Gasteiger partial charge in [-0.3, -0.25) is 14.4 Å². The largest absolute Gasteiger partial charge is 0.508 e. The Kier molecular flexibility index (Phi) is 12.2. The van der Waals surface area contributed by atoms with Crippen LogP contribution in [0, 0.1) is 0 Å². The number of amides is 3. The molecule has 12 nitrogen and oxygen atoms in total. The number of carboxylic acids is 1. The lowest BCUT2D eigenvalue weighted by Crippen LogP contribution is -2.59. The predicted molar refractivity (Wildman–Crippen MR) is 120 cm³/mol. The van der Waals surface area contributed by atoms with Crippen LogP contribution in [0.4, 0.5) is 0 Å². The van der Waals surface area contributed by atoms with E-state index in [0.717, 1.165) is 0 Å². The molecular formula is C20H30N4O8S. The van der Waals surface area contributed by atoms with Crippen molar-refractivity contribution in [3.8, 4) is 5.75 Å². The number of rotatable bonds is 14. The van der Waals surface area contributed by atoms with Gasteiger partial charge in [0.15, 0.2) is 0 Å². The number of phenols is 1. The molecule has 0 radical (unpaired) electrons.